The van der Waals surface area contributed by atoms with Crippen LogP contribution in [0, 0.1) is 0 Å². The van der Waals surface area contributed by atoms with Gasteiger partial charge in [-0.3, -0.25) is 0 Å². The number of hydrogen-bond donors (Lipinski definition) is 2. The second-order valence-electron chi connectivity index (χ2n) is 6.39. The molecule has 0 bridgehead atoms. The maximum Gasteiger partial charge on any atom is 0.0504 e. The summed E-state index contributed by atoms with van der Waals surface area (Å²) in [7, 11) is 0. The Morgan fingerprint density at radius 3 is 2.58 bits per heavy atom. The van der Waals surface area contributed by atoms with Gasteiger partial charge in [-0.15, -0.1) is 0 Å². The molecule has 4 aromatic rings. The van der Waals surface area contributed by atoms with Crippen LogP contribution in [0.15, 0.2) is 67.2 Å². The summed E-state index contributed by atoms with van der Waals surface area (Å²) in [6.45, 7) is 5.12. The molecule has 1 aromatic heterocycles. The quantitative estimate of drug-likeness (QED) is 0.502. The average molecular weight is 310 g/mol. The number of rotatable bonds is 1. The zero-order valence-electron chi connectivity index (χ0n) is 13.4. The molecule has 3 aromatic carbocycles. The molecular formula is C22H18N2. The Hall–Kier alpha value is -3.00. The minimum absolute atomic E-state index is 0.915. The highest BCUT2D eigenvalue weighted by Crippen LogP contribution is 2.38. The van der Waals surface area contributed by atoms with Gasteiger partial charge in [0.15, 0.2) is 0 Å². The van der Waals surface area contributed by atoms with E-state index < -0.39 is 0 Å². The lowest BCUT2D eigenvalue weighted by Crippen LogP contribution is -2.12. The van der Waals surface area contributed by atoms with E-state index in [1.54, 1.807) is 0 Å². The van der Waals surface area contributed by atoms with Gasteiger partial charge in [-0.25, -0.2) is 0 Å². The van der Waals surface area contributed by atoms with Gasteiger partial charge in [0, 0.05) is 34.3 Å². The Labute approximate surface area is 140 Å². The topological polar surface area (TPSA) is 27.8 Å². The lowest BCUT2D eigenvalue weighted by Gasteiger charge is -2.08. The van der Waals surface area contributed by atoms with Crippen LogP contribution in [0.2, 0.25) is 0 Å². The fraction of sp³-hybridized carbons (Fsp3) is 0.0909. The third kappa shape index (κ3) is 1.83. The number of hydrogen-bond acceptors (Lipinski definition) is 1. The van der Waals surface area contributed by atoms with Crippen molar-refractivity contribution in [2.45, 2.75) is 6.42 Å². The van der Waals surface area contributed by atoms with Crippen LogP contribution in [0.5, 0.6) is 0 Å². The van der Waals surface area contributed by atoms with Gasteiger partial charge in [0.2, 0.25) is 0 Å². The van der Waals surface area contributed by atoms with Gasteiger partial charge in [-0.05, 0) is 28.8 Å². The number of H-pyrrole nitrogens is 1. The second-order valence-corrected chi connectivity index (χ2v) is 6.39. The smallest absolute Gasteiger partial charge is 0.0504 e. The van der Waals surface area contributed by atoms with E-state index in [4.69, 9.17) is 0 Å². The van der Waals surface area contributed by atoms with Crippen molar-refractivity contribution in [3.8, 4) is 11.3 Å². The summed E-state index contributed by atoms with van der Waals surface area (Å²) in [5, 5.41) is 7.33. The Kier molecular flexibility index (Phi) is 2.80. The van der Waals surface area contributed by atoms with E-state index in [9.17, 15) is 0 Å². The summed E-state index contributed by atoms with van der Waals surface area (Å²) in [5.74, 6) is 0. The minimum atomic E-state index is 0.915. The Morgan fingerprint density at radius 1 is 0.833 bits per heavy atom. The molecule has 0 saturated carbocycles. The van der Waals surface area contributed by atoms with Crippen LogP contribution in [0.25, 0.3) is 38.6 Å². The number of aromatic nitrogens is 1. The zero-order valence-corrected chi connectivity index (χ0v) is 13.4. The molecule has 2 heteroatoms. The van der Waals surface area contributed by atoms with Crippen LogP contribution in [0.1, 0.15) is 11.1 Å². The number of benzene rings is 3. The summed E-state index contributed by atoms with van der Waals surface area (Å²) in [5.41, 5.74) is 7.33. The molecule has 2 heterocycles. The van der Waals surface area contributed by atoms with Crippen molar-refractivity contribution in [2.24, 2.45) is 0 Å². The standard InChI is InChI=1S/C22H18N2/c1-14-16-9-5-11-20-21(16)19(12-13-23-14)22(24-20)18-10-4-7-15-6-2-3-8-17(15)18/h2-11,23-24H,1,12-13H2. The molecule has 0 unspecified atom stereocenters. The first-order valence-electron chi connectivity index (χ1n) is 8.38. The van der Waals surface area contributed by atoms with E-state index in [1.165, 1.54) is 44.1 Å². The molecule has 1 aliphatic heterocycles. The van der Waals surface area contributed by atoms with Crippen molar-refractivity contribution in [1.29, 1.82) is 0 Å². The Balaban J connectivity index is 1.89. The molecular weight excluding hydrogens is 292 g/mol. The van der Waals surface area contributed by atoms with Crippen molar-refractivity contribution in [3.05, 3.63) is 78.4 Å². The maximum absolute atomic E-state index is 4.21. The number of aromatic amines is 1. The summed E-state index contributed by atoms with van der Waals surface area (Å²) >= 11 is 0. The van der Waals surface area contributed by atoms with Crippen molar-refractivity contribution in [2.75, 3.05) is 6.54 Å². The van der Waals surface area contributed by atoms with Gasteiger partial charge < -0.3 is 10.3 Å². The van der Waals surface area contributed by atoms with E-state index >= 15 is 0 Å². The number of nitrogens with one attached hydrogen (secondary N) is 2. The summed E-state index contributed by atoms with van der Waals surface area (Å²) < 4.78 is 0. The normalized spacial score (nSPS) is 13.9. The predicted octanol–water partition coefficient (Wildman–Crippen LogP) is 5.10. The Bertz CT molecular complexity index is 1100. The molecule has 0 radical (unpaired) electrons. The SMILES string of the molecule is C=C1NCCc2c(-c3cccc4ccccc34)[nH]c3cccc1c23. The molecule has 1 aliphatic rings. The second kappa shape index (κ2) is 5.00. The van der Waals surface area contributed by atoms with Crippen LogP contribution in [-0.4, -0.2) is 11.5 Å². The van der Waals surface area contributed by atoms with Gasteiger partial charge in [0.25, 0.3) is 0 Å². The molecule has 2 N–H and O–H groups in total. The first kappa shape index (κ1) is 13.4. The Morgan fingerprint density at radius 2 is 1.62 bits per heavy atom. The van der Waals surface area contributed by atoms with Gasteiger partial charge >= 0.3 is 0 Å². The molecule has 24 heavy (non-hydrogen) atoms. The van der Waals surface area contributed by atoms with E-state index in [1.807, 2.05) is 0 Å². The summed E-state index contributed by atoms with van der Waals surface area (Å²) in [6.07, 6.45) is 0.995. The van der Waals surface area contributed by atoms with E-state index in [0.29, 0.717) is 0 Å². The molecule has 0 spiro atoms. The first-order chi connectivity index (χ1) is 11.8. The monoisotopic (exact) mass is 310 g/mol. The van der Waals surface area contributed by atoms with Crippen molar-refractivity contribution in [3.63, 3.8) is 0 Å². The van der Waals surface area contributed by atoms with Crippen LogP contribution >= 0.6 is 0 Å². The van der Waals surface area contributed by atoms with E-state index in [2.05, 4.69) is 77.5 Å². The maximum atomic E-state index is 4.21. The van der Waals surface area contributed by atoms with Crippen LogP contribution in [-0.2, 0) is 6.42 Å². The highest BCUT2D eigenvalue weighted by molar-refractivity contribution is 6.03. The summed E-state index contributed by atoms with van der Waals surface area (Å²) in [6, 6.07) is 21.5. The molecule has 0 atom stereocenters. The zero-order chi connectivity index (χ0) is 16.1. The van der Waals surface area contributed by atoms with E-state index in [-0.39, 0.29) is 0 Å². The molecule has 0 saturated heterocycles. The van der Waals surface area contributed by atoms with Crippen LogP contribution in [0.3, 0.4) is 0 Å². The van der Waals surface area contributed by atoms with Gasteiger partial charge in [-0.2, -0.15) is 0 Å². The largest absolute Gasteiger partial charge is 0.385 e. The van der Waals surface area contributed by atoms with Crippen molar-refractivity contribution >= 4 is 27.4 Å². The molecule has 0 fully saturated rings. The molecule has 116 valence electrons. The third-order valence-corrected chi connectivity index (χ3v) is 5.03. The lowest BCUT2D eigenvalue weighted by atomic mass is 9.96. The van der Waals surface area contributed by atoms with Gasteiger partial charge in [0.1, 0.15) is 0 Å². The highest BCUT2D eigenvalue weighted by Gasteiger charge is 2.20. The predicted molar refractivity (Wildman–Crippen MR) is 102 cm³/mol. The minimum Gasteiger partial charge on any atom is -0.385 e. The fourth-order valence-electron chi connectivity index (χ4n) is 3.93. The van der Waals surface area contributed by atoms with Crippen molar-refractivity contribution in [1.82, 2.24) is 10.3 Å². The average Bonchev–Trinajstić information content (AvgIpc) is 2.90. The third-order valence-electron chi connectivity index (χ3n) is 5.03. The lowest BCUT2D eigenvalue weighted by molar-refractivity contribution is 0.863. The molecule has 0 aliphatic carbocycles. The molecule has 2 nitrogen and oxygen atoms in total. The van der Waals surface area contributed by atoms with Crippen molar-refractivity contribution < 1.29 is 0 Å². The van der Waals surface area contributed by atoms with Crippen LogP contribution < -0.4 is 5.32 Å². The highest BCUT2D eigenvalue weighted by atomic mass is 14.9. The summed E-state index contributed by atoms with van der Waals surface area (Å²) in [4.78, 5) is 3.68. The molecule has 5 rings (SSSR count). The first-order valence-corrected chi connectivity index (χ1v) is 8.38. The van der Waals surface area contributed by atoms with Gasteiger partial charge in [0.05, 0.1) is 5.69 Å². The van der Waals surface area contributed by atoms with E-state index in [0.717, 1.165) is 18.7 Å². The van der Waals surface area contributed by atoms with Crippen LogP contribution in [0.4, 0.5) is 0 Å². The molecule has 0 amide bonds. The number of fused-ring (bicyclic) bond motifs is 1. The fourth-order valence-corrected chi connectivity index (χ4v) is 3.93. The van der Waals surface area contributed by atoms with Gasteiger partial charge in [-0.1, -0.05) is 61.2 Å².